The van der Waals surface area contributed by atoms with Gasteiger partial charge in [0.15, 0.2) is 0 Å². The van der Waals surface area contributed by atoms with Gasteiger partial charge in [0.25, 0.3) is 5.91 Å². The van der Waals surface area contributed by atoms with E-state index in [9.17, 15) is 66.3 Å². The third kappa shape index (κ3) is 9.94. The molecule has 0 spiro atoms. The Balaban J connectivity index is 1.96. The summed E-state index contributed by atoms with van der Waals surface area (Å²) in [6.45, 7) is 0. The molecule has 0 aliphatic carbocycles. The van der Waals surface area contributed by atoms with Crippen LogP contribution >= 0.6 is 0 Å². The summed E-state index contributed by atoms with van der Waals surface area (Å²) in [5.74, 6) is -5.91. The molecule has 0 saturated carbocycles. The van der Waals surface area contributed by atoms with E-state index in [1.165, 1.54) is 0 Å². The van der Waals surface area contributed by atoms with Crippen molar-refractivity contribution in [2.75, 3.05) is 0 Å². The molecule has 0 fully saturated rings. The van der Waals surface area contributed by atoms with E-state index in [0.29, 0.717) is 24.3 Å². The SMILES string of the molecule is O=C(NC(Cc1ccc(OC(F)(F)C(F)F)cc1)(c1cccc(OC(F)(F)F)c1)c1cccc(OC(F)(F)F)c1)c1ccc(F)c(C(F)(F)F)c1. The molecule has 0 aliphatic rings. The molecule has 1 amide bonds. The van der Waals surface area contributed by atoms with Gasteiger partial charge in [0.05, 0.1) is 11.1 Å². The lowest BCUT2D eigenvalue weighted by atomic mass is 9.77. The number of rotatable bonds is 11. The zero-order valence-corrected chi connectivity index (χ0v) is 24.9. The van der Waals surface area contributed by atoms with Crippen LogP contribution in [0.3, 0.4) is 0 Å². The summed E-state index contributed by atoms with van der Waals surface area (Å²) in [6, 6.07) is 11.5. The van der Waals surface area contributed by atoms with Crippen LogP contribution in [0.1, 0.15) is 32.6 Å². The minimum atomic E-state index is -5.31. The molecule has 0 heterocycles. The topological polar surface area (TPSA) is 56.8 Å². The predicted octanol–water partition coefficient (Wildman–Crippen LogP) is 9.79. The summed E-state index contributed by atoms with van der Waals surface area (Å²) >= 11 is 0. The summed E-state index contributed by atoms with van der Waals surface area (Å²) in [5, 5.41) is 2.32. The standard InChI is InChI=1S/C32H19F14NO4/c33-25-12-9-18(13-24(25)29(36,37)38)26(48)47-28(19-3-1-5-22(14-19)50-31(41,42)43,20-4-2-6-23(15-20)51-32(44,45)46)16-17-7-10-21(11-8-17)49-30(39,40)27(34)35/h1-15,27H,16H2,(H,47,48). The summed E-state index contributed by atoms with van der Waals surface area (Å²) in [5.41, 5.74) is -6.03. The van der Waals surface area contributed by atoms with Crippen LogP contribution in [0.2, 0.25) is 0 Å². The lowest BCUT2D eigenvalue weighted by molar-refractivity contribution is -0.275. The molecule has 0 saturated heterocycles. The van der Waals surface area contributed by atoms with E-state index in [2.05, 4.69) is 19.5 Å². The minimum Gasteiger partial charge on any atom is -0.428 e. The van der Waals surface area contributed by atoms with Gasteiger partial charge in [-0.2, -0.15) is 30.7 Å². The molecule has 1 N–H and O–H groups in total. The number of alkyl halides is 13. The Morgan fingerprint density at radius 2 is 1.14 bits per heavy atom. The maximum absolute atomic E-state index is 14.1. The largest absolute Gasteiger partial charge is 0.573 e. The van der Waals surface area contributed by atoms with Crippen molar-refractivity contribution in [3.05, 3.63) is 125 Å². The molecule has 0 radical (unpaired) electrons. The van der Waals surface area contributed by atoms with Crippen LogP contribution < -0.4 is 19.5 Å². The third-order valence-corrected chi connectivity index (χ3v) is 6.88. The van der Waals surface area contributed by atoms with Crippen molar-refractivity contribution >= 4 is 5.91 Å². The third-order valence-electron chi connectivity index (χ3n) is 6.88. The first-order valence-electron chi connectivity index (χ1n) is 13.8. The molecule has 4 aromatic carbocycles. The van der Waals surface area contributed by atoms with Crippen molar-refractivity contribution in [2.45, 2.75) is 43.4 Å². The van der Waals surface area contributed by atoms with Crippen LogP contribution in [0, 0.1) is 5.82 Å². The van der Waals surface area contributed by atoms with Crippen molar-refractivity contribution in [1.29, 1.82) is 0 Å². The zero-order valence-electron chi connectivity index (χ0n) is 24.9. The Labute approximate surface area is 277 Å². The summed E-state index contributed by atoms with van der Waals surface area (Å²) in [6.07, 6.45) is -25.8. The predicted molar refractivity (Wildman–Crippen MR) is 148 cm³/mol. The fourth-order valence-corrected chi connectivity index (χ4v) is 4.81. The van der Waals surface area contributed by atoms with Crippen LogP contribution in [0.4, 0.5) is 61.5 Å². The van der Waals surface area contributed by atoms with Crippen molar-refractivity contribution in [1.82, 2.24) is 5.32 Å². The van der Waals surface area contributed by atoms with Crippen molar-refractivity contribution < 1.29 is 80.5 Å². The second-order valence-electron chi connectivity index (χ2n) is 10.5. The molecule has 51 heavy (non-hydrogen) atoms. The number of amides is 1. The molecule has 19 heteroatoms. The highest BCUT2D eigenvalue weighted by atomic mass is 19.4. The first-order chi connectivity index (χ1) is 23.5. The molecule has 0 aliphatic heterocycles. The average Bonchev–Trinajstić information content (AvgIpc) is 2.99. The van der Waals surface area contributed by atoms with Crippen LogP contribution in [0.15, 0.2) is 91.0 Å². The van der Waals surface area contributed by atoms with Crippen LogP contribution in [0.25, 0.3) is 0 Å². The number of benzene rings is 4. The normalized spacial score (nSPS) is 12.8. The number of hydrogen-bond acceptors (Lipinski definition) is 4. The quantitative estimate of drug-likeness (QED) is 0.155. The van der Waals surface area contributed by atoms with Crippen molar-refractivity contribution in [2.24, 2.45) is 0 Å². The molecule has 4 aromatic rings. The fourth-order valence-electron chi connectivity index (χ4n) is 4.81. The number of ether oxygens (including phenoxy) is 3. The van der Waals surface area contributed by atoms with Gasteiger partial charge in [-0.05, 0) is 71.3 Å². The lowest BCUT2D eigenvalue weighted by Crippen LogP contribution is -2.48. The fraction of sp³-hybridized carbons (Fsp3) is 0.219. The zero-order chi connectivity index (χ0) is 38.0. The number of hydrogen-bond donors (Lipinski definition) is 1. The van der Waals surface area contributed by atoms with Crippen LogP contribution in [0.5, 0.6) is 17.2 Å². The first kappa shape index (κ1) is 38.6. The van der Waals surface area contributed by atoms with Crippen LogP contribution in [-0.2, 0) is 18.1 Å². The Hall–Kier alpha value is -5.23. The molecule has 4 rings (SSSR count). The number of carbonyl (C=O) groups excluding carboxylic acids is 1. The van der Waals surface area contributed by atoms with Gasteiger partial charge in [-0.3, -0.25) is 4.79 Å². The Morgan fingerprint density at radius 3 is 1.59 bits per heavy atom. The molecule has 274 valence electrons. The Morgan fingerprint density at radius 1 is 0.627 bits per heavy atom. The maximum Gasteiger partial charge on any atom is 0.573 e. The number of halogens is 14. The summed E-state index contributed by atoms with van der Waals surface area (Å²) in [7, 11) is 0. The smallest absolute Gasteiger partial charge is 0.428 e. The highest BCUT2D eigenvalue weighted by molar-refractivity contribution is 5.95. The van der Waals surface area contributed by atoms with E-state index < -0.39 is 94.6 Å². The lowest BCUT2D eigenvalue weighted by Gasteiger charge is -2.37. The van der Waals surface area contributed by atoms with Gasteiger partial charge >= 0.3 is 31.4 Å². The van der Waals surface area contributed by atoms with Crippen molar-refractivity contribution in [3.63, 3.8) is 0 Å². The summed E-state index contributed by atoms with van der Waals surface area (Å²) in [4.78, 5) is 13.7. The van der Waals surface area contributed by atoms with E-state index in [4.69, 9.17) is 0 Å². The van der Waals surface area contributed by atoms with Gasteiger partial charge in [0.1, 0.15) is 23.1 Å². The molecule has 0 unspecified atom stereocenters. The second kappa shape index (κ2) is 14.2. The van der Waals surface area contributed by atoms with Gasteiger partial charge in [0.2, 0.25) is 0 Å². The van der Waals surface area contributed by atoms with Gasteiger partial charge in [-0.15, -0.1) is 26.3 Å². The molecular weight excluding hydrogens is 728 g/mol. The molecule has 0 atom stereocenters. The van der Waals surface area contributed by atoms with E-state index >= 15 is 0 Å². The molecule has 5 nitrogen and oxygen atoms in total. The number of nitrogens with one attached hydrogen (secondary N) is 1. The highest BCUT2D eigenvalue weighted by Gasteiger charge is 2.44. The summed E-state index contributed by atoms with van der Waals surface area (Å²) < 4.78 is 198. The molecular formula is C32H19F14NO4. The van der Waals surface area contributed by atoms with E-state index in [0.717, 1.165) is 60.7 Å². The Kier molecular flexibility index (Phi) is 10.7. The minimum absolute atomic E-state index is 0.0811. The molecule has 0 bridgehead atoms. The number of carbonyl (C=O) groups is 1. The maximum atomic E-state index is 14.1. The Bertz CT molecular complexity index is 1780. The first-order valence-corrected chi connectivity index (χ1v) is 13.8. The van der Waals surface area contributed by atoms with Gasteiger partial charge < -0.3 is 19.5 Å². The van der Waals surface area contributed by atoms with Gasteiger partial charge in [-0.25, -0.2) is 4.39 Å². The van der Waals surface area contributed by atoms with Crippen LogP contribution in [-0.4, -0.2) is 31.2 Å². The van der Waals surface area contributed by atoms with Crippen molar-refractivity contribution in [3.8, 4) is 17.2 Å². The highest BCUT2D eigenvalue weighted by Crippen LogP contribution is 2.40. The van der Waals surface area contributed by atoms with E-state index in [1.54, 1.807) is 0 Å². The van der Waals surface area contributed by atoms with Gasteiger partial charge in [-0.1, -0.05) is 36.4 Å². The molecule has 0 aromatic heterocycles. The van der Waals surface area contributed by atoms with Gasteiger partial charge in [0, 0.05) is 12.0 Å². The van der Waals surface area contributed by atoms with E-state index in [-0.39, 0.29) is 11.6 Å². The average molecular weight is 747 g/mol. The second-order valence-corrected chi connectivity index (χ2v) is 10.5. The monoisotopic (exact) mass is 747 g/mol. The van der Waals surface area contributed by atoms with E-state index in [1.807, 2.05) is 0 Å².